The summed E-state index contributed by atoms with van der Waals surface area (Å²) in [6, 6.07) is 13.9. The number of benzene rings is 2. The van der Waals surface area contributed by atoms with Crippen molar-refractivity contribution in [1.82, 2.24) is 0 Å². The van der Waals surface area contributed by atoms with Gasteiger partial charge in [0.05, 0.1) is 11.8 Å². The second-order valence-electron chi connectivity index (χ2n) is 7.67. The van der Waals surface area contributed by atoms with Gasteiger partial charge in [-0.05, 0) is 48.9 Å². The number of hydrogen-bond donors (Lipinski definition) is 0. The highest BCUT2D eigenvalue weighted by Gasteiger charge is 2.47. The molecule has 0 aliphatic rings. The summed E-state index contributed by atoms with van der Waals surface area (Å²) in [4.78, 5) is 23.0. The Hall–Kier alpha value is -3.54. The molecular formula is C22H18F4O11S2-2. The van der Waals surface area contributed by atoms with Crippen LogP contribution in [0, 0.1) is 0 Å². The number of furan rings is 1. The Bertz CT molecular complexity index is 1540. The monoisotopic (exact) mass is 598 g/mol. The Labute approximate surface area is 218 Å². The molecule has 0 bridgehead atoms. The molecule has 3 rings (SSSR count). The van der Waals surface area contributed by atoms with Gasteiger partial charge >= 0.3 is 22.4 Å². The molecule has 2 atom stereocenters. The molecule has 11 nitrogen and oxygen atoms in total. The summed E-state index contributed by atoms with van der Waals surface area (Å²) >= 11 is 0. The van der Waals surface area contributed by atoms with E-state index in [2.05, 4.69) is 13.9 Å². The van der Waals surface area contributed by atoms with E-state index in [9.17, 15) is 53.1 Å². The van der Waals surface area contributed by atoms with Gasteiger partial charge in [0, 0.05) is 0 Å². The predicted octanol–water partition coefficient (Wildman–Crippen LogP) is 3.49. The van der Waals surface area contributed by atoms with Crippen LogP contribution in [0.25, 0.3) is 10.8 Å². The van der Waals surface area contributed by atoms with E-state index in [0.717, 1.165) is 17.7 Å². The number of halogens is 4. The lowest BCUT2D eigenvalue weighted by Crippen LogP contribution is -2.42. The van der Waals surface area contributed by atoms with Crippen LogP contribution < -0.4 is 0 Å². The maximum atomic E-state index is 13.3. The molecule has 1 heterocycles. The fourth-order valence-electron chi connectivity index (χ4n) is 2.70. The molecule has 0 radical (unpaired) electrons. The number of carbonyl (C=O) groups excluding carboxylic acids is 2. The Morgan fingerprint density at radius 3 is 1.72 bits per heavy atom. The number of ether oxygens (including phenoxy) is 2. The van der Waals surface area contributed by atoms with Crippen LogP contribution in [0.5, 0.6) is 0 Å². The maximum absolute atomic E-state index is 13.3. The average molecular weight is 599 g/mol. The van der Waals surface area contributed by atoms with Gasteiger partial charge in [0.25, 0.3) is 0 Å². The molecule has 0 saturated heterocycles. The average Bonchev–Trinajstić information content (AvgIpc) is 3.38. The van der Waals surface area contributed by atoms with Crippen LogP contribution in [-0.4, -0.2) is 60.6 Å². The van der Waals surface area contributed by atoms with Gasteiger partial charge in [-0.25, -0.2) is 26.4 Å². The summed E-state index contributed by atoms with van der Waals surface area (Å²) in [6.45, 7) is 1.24. The molecule has 0 aliphatic heterocycles. The molecule has 3 aromatic rings. The first-order valence-electron chi connectivity index (χ1n) is 10.4. The van der Waals surface area contributed by atoms with Crippen molar-refractivity contribution in [3.63, 3.8) is 0 Å². The van der Waals surface area contributed by atoms with Gasteiger partial charge in [-0.1, -0.05) is 30.3 Å². The third-order valence-electron chi connectivity index (χ3n) is 4.89. The fraction of sp³-hybridized carbons (Fsp3) is 0.273. The van der Waals surface area contributed by atoms with E-state index in [-0.39, 0.29) is 11.3 Å². The summed E-state index contributed by atoms with van der Waals surface area (Å²) in [7, 11) is -11.8. The van der Waals surface area contributed by atoms with Crippen LogP contribution in [0.3, 0.4) is 0 Å². The van der Waals surface area contributed by atoms with Gasteiger partial charge in [-0.15, -0.1) is 0 Å². The lowest BCUT2D eigenvalue weighted by Gasteiger charge is -2.25. The van der Waals surface area contributed by atoms with E-state index in [1.807, 2.05) is 0 Å². The Balaban J connectivity index is 0.000000283. The number of hydrogen-bond acceptors (Lipinski definition) is 11. The first-order valence-corrected chi connectivity index (χ1v) is 13.2. The molecule has 0 fully saturated rings. The van der Waals surface area contributed by atoms with Crippen molar-refractivity contribution in [3.05, 3.63) is 72.2 Å². The molecule has 0 amide bonds. The molecular weight excluding hydrogens is 580 g/mol. The summed E-state index contributed by atoms with van der Waals surface area (Å²) in [6.07, 6.45) is -3.71. The number of rotatable bonds is 8. The van der Waals surface area contributed by atoms with Crippen LogP contribution in [0.4, 0.5) is 17.6 Å². The van der Waals surface area contributed by atoms with Crippen LogP contribution >= 0.6 is 0 Å². The first-order chi connectivity index (χ1) is 17.8. The number of esters is 2. The quantitative estimate of drug-likeness (QED) is 0.210. The zero-order valence-electron chi connectivity index (χ0n) is 19.7. The van der Waals surface area contributed by atoms with Crippen molar-refractivity contribution >= 4 is 42.9 Å². The zero-order chi connectivity index (χ0) is 29.8. The summed E-state index contributed by atoms with van der Waals surface area (Å²) < 4.78 is 128. The van der Waals surface area contributed by atoms with E-state index in [0.29, 0.717) is 19.2 Å². The van der Waals surface area contributed by atoms with Crippen molar-refractivity contribution in [2.45, 2.75) is 36.6 Å². The highest BCUT2D eigenvalue weighted by atomic mass is 32.2. The molecule has 2 unspecified atom stereocenters. The fourth-order valence-corrected chi connectivity index (χ4v) is 3.61. The van der Waals surface area contributed by atoms with Crippen molar-refractivity contribution < 1.29 is 67.0 Å². The first kappa shape index (κ1) is 31.7. The number of alkyl halides is 4. The van der Waals surface area contributed by atoms with E-state index in [1.54, 1.807) is 30.3 Å². The van der Waals surface area contributed by atoms with Gasteiger partial charge in [0.2, 0.25) is 5.76 Å². The minimum atomic E-state index is -5.92. The van der Waals surface area contributed by atoms with Gasteiger partial charge in [0.1, 0.15) is 0 Å². The normalized spacial score (nSPS) is 14.1. The van der Waals surface area contributed by atoms with Gasteiger partial charge in [0.15, 0.2) is 32.4 Å². The third kappa shape index (κ3) is 7.53. The second-order valence-corrected chi connectivity index (χ2v) is 10.6. The van der Waals surface area contributed by atoms with E-state index in [4.69, 9.17) is 0 Å². The maximum Gasteiger partial charge on any atom is 0.374 e. The predicted molar refractivity (Wildman–Crippen MR) is 122 cm³/mol. The summed E-state index contributed by atoms with van der Waals surface area (Å²) in [5.74, 6) is -2.80. The van der Waals surface area contributed by atoms with Gasteiger partial charge < -0.3 is 23.0 Å². The smallest absolute Gasteiger partial charge is 0.374 e. The Morgan fingerprint density at radius 1 is 0.769 bits per heavy atom. The minimum Gasteiger partial charge on any atom is -0.743 e. The Kier molecular flexibility index (Phi) is 9.49. The third-order valence-corrected chi connectivity index (χ3v) is 6.89. The Morgan fingerprint density at radius 2 is 1.26 bits per heavy atom. The molecule has 17 heteroatoms. The number of carbonyl (C=O) groups is 2. The molecule has 0 spiro atoms. The van der Waals surface area contributed by atoms with Gasteiger partial charge in [-0.2, -0.15) is 17.6 Å². The second kappa shape index (κ2) is 11.7. The van der Waals surface area contributed by atoms with Crippen LogP contribution in [0.1, 0.15) is 34.8 Å². The zero-order valence-corrected chi connectivity index (χ0v) is 21.4. The molecule has 0 N–H and O–H groups in total. The lowest BCUT2D eigenvalue weighted by atomic mass is 10.1. The van der Waals surface area contributed by atoms with Gasteiger partial charge in [-0.3, -0.25) is 0 Å². The van der Waals surface area contributed by atoms with Crippen LogP contribution in [-0.2, 0) is 29.7 Å². The minimum absolute atomic E-state index is 0.0235. The van der Waals surface area contributed by atoms with Crippen molar-refractivity contribution in [2.75, 3.05) is 0 Å². The van der Waals surface area contributed by atoms with Crippen molar-refractivity contribution in [3.8, 4) is 0 Å². The summed E-state index contributed by atoms with van der Waals surface area (Å²) in [5, 5.41) is -7.87. The van der Waals surface area contributed by atoms with Crippen molar-refractivity contribution in [1.29, 1.82) is 0 Å². The standard InChI is InChI=1S/C14H12F2O5S.C8H8F2O6S/c1-9(14(15,16)22(18,19)20)21-13(17)12-7-6-10-4-2-3-5-11(10)8-12;1-5(8(9,10)17(12,13)14)16-7(11)6-3-2-4-15-6/h2-9H,1H3,(H,18,19,20);2-5H,1H3,(H,12,13,14)/p-2. The number of fused-ring (bicyclic) bond motifs is 1. The van der Waals surface area contributed by atoms with E-state index < -0.39 is 54.9 Å². The van der Waals surface area contributed by atoms with E-state index in [1.165, 1.54) is 18.2 Å². The molecule has 0 aliphatic carbocycles. The van der Waals surface area contributed by atoms with Crippen LogP contribution in [0.15, 0.2) is 65.3 Å². The van der Waals surface area contributed by atoms with E-state index >= 15 is 0 Å². The highest BCUT2D eigenvalue weighted by Crippen LogP contribution is 2.29. The van der Waals surface area contributed by atoms with Crippen LogP contribution in [0.2, 0.25) is 0 Å². The molecule has 2 aromatic carbocycles. The van der Waals surface area contributed by atoms with Crippen molar-refractivity contribution in [2.24, 2.45) is 0 Å². The SMILES string of the molecule is CC(OC(=O)c1ccc2ccccc2c1)C(F)(F)S(=O)(=O)[O-].CC(OC(=O)c1ccco1)C(F)(F)S(=O)(=O)[O-]. The summed E-state index contributed by atoms with van der Waals surface area (Å²) in [5.41, 5.74) is -0.0235. The molecule has 214 valence electrons. The molecule has 39 heavy (non-hydrogen) atoms. The highest BCUT2D eigenvalue weighted by molar-refractivity contribution is 7.87. The largest absolute Gasteiger partial charge is 0.743 e. The lowest BCUT2D eigenvalue weighted by molar-refractivity contribution is -0.0568. The molecule has 0 saturated carbocycles. The molecule has 1 aromatic heterocycles. The topological polar surface area (TPSA) is 180 Å².